The van der Waals surface area contributed by atoms with E-state index in [9.17, 15) is 0 Å². The van der Waals surface area contributed by atoms with E-state index in [4.69, 9.17) is 15.9 Å². The molecule has 20 heavy (non-hydrogen) atoms. The Morgan fingerprint density at radius 3 is 1.40 bits per heavy atom. The second-order valence-electron chi connectivity index (χ2n) is 5.76. The first kappa shape index (κ1) is 22.1. The summed E-state index contributed by atoms with van der Waals surface area (Å²) in [5, 5.41) is 17.7. The minimum absolute atomic E-state index is 0. The van der Waals surface area contributed by atoms with Crippen molar-refractivity contribution in [3.05, 3.63) is 0 Å². The Hall–Kier alpha value is -0.160. The molecule has 124 valence electrons. The van der Waals surface area contributed by atoms with Crippen molar-refractivity contribution >= 4 is 0 Å². The van der Waals surface area contributed by atoms with Crippen LogP contribution in [-0.4, -0.2) is 28.0 Å². The molecule has 4 heteroatoms. The first-order valence-electron chi connectivity index (χ1n) is 8.30. The maximum atomic E-state index is 8.83. The van der Waals surface area contributed by atoms with Crippen molar-refractivity contribution in [2.75, 3.05) is 0 Å². The molecule has 0 saturated carbocycles. The monoisotopic (exact) mass is 291 g/mol. The van der Waals surface area contributed by atoms with Gasteiger partial charge in [0.1, 0.15) is 0 Å². The van der Waals surface area contributed by atoms with E-state index in [0.717, 1.165) is 19.3 Å². The fraction of sp³-hybridized carbons (Fsp3) is 1.00. The predicted octanol–water partition coefficient (Wildman–Crippen LogP) is 2.89. The molecule has 0 saturated heterocycles. The van der Waals surface area contributed by atoms with E-state index in [-0.39, 0.29) is 5.48 Å². The van der Waals surface area contributed by atoms with E-state index < -0.39 is 12.3 Å². The highest BCUT2D eigenvalue weighted by molar-refractivity contribution is 4.62. The van der Waals surface area contributed by atoms with Crippen LogP contribution in [0.1, 0.15) is 90.4 Å². The Morgan fingerprint density at radius 2 is 1.05 bits per heavy atom. The molecule has 0 amide bonds. The predicted molar refractivity (Wildman–Crippen MR) is 85.5 cm³/mol. The molecule has 0 rings (SSSR count). The van der Waals surface area contributed by atoms with Crippen LogP contribution in [0, 0.1) is 0 Å². The van der Waals surface area contributed by atoms with E-state index >= 15 is 0 Å². The highest BCUT2D eigenvalue weighted by Crippen LogP contribution is 2.12. The number of rotatable bonds is 14. The SMILES string of the molecule is CCCCCCCCCCCCCCC(N)C(O)O.O. The zero-order chi connectivity index (χ0) is 14.3. The highest BCUT2D eigenvalue weighted by Gasteiger charge is 2.09. The lowest BCUT2D eigenvalue weighted by Crippen LogP contribution is -2.34. The zero-order valence-corrected chi connectivity index (χ0v) is 13.3. The normalized spacial score (nSPS) is 12.4. The van der Waals surface area contributed by atoms with Crippen LogP contribution in [0.4, 0.5) is 0 Å². The Balaban J connectivity index is 0. The van der Waals surface area contributed by atoms with Gasteiger partial charge in [-0.15, -0.1) is 0 Å². The number of hydrogen-bond donors (Lipinski definition) is 3. The summed E-state index contributed by atoms with van der Waals surface area (Å²) in [6.07, 6.45) is 15.2. The van der Waals surface area contributed by atoms with Crippen molar-refractivity contribution < 1.29 is 15.7 Å². The first-order valence-corrected chi connectivity index (χ1v) is 8.30. The van der Waals surface area contributed by atoms with Gasteiger partial charge in [0.25, 0.3) is 0 Å². The quantitative estimate of drug-likeness (QED) is 0.339. The number of aliphatic hydroxyl groups is 2. The van der Waals surface area contributed by atoms with Crippen LogP contribution in [0.15, 0.2) is 0 Å². The fourth-order valence-electron chi connectivity index (χ4n) is 2.37. The van der Waals surface area contributed by atoms with Crippen molar-refractivity contribution in [1.82, 2.24) is 0 Å². The largest absolute Gasteiger partial charge is 0.412 e. The summed E-state index contributed by atoms with van der Waals surface area (Å²) < 4.78 is 0. The molecule has 0 aromatic heterocycles. The molecule has 0 aliphatic rings. The van der Waals surface area contributed by atoms with Crippen molar-refractivity contribution in [2.45, 2.75) is 103 Å². The van der Waals surface area contributed by atoms with Gasteiger partial charge in [0.05, 0.1) is 6.04 Å². The van der Waals surface area contributed by atoms with Crippen molar-refractivity contribution in [2.24, 2.45) is 5.73 Å². The number of aliphatic hydroxyl groups excluding tert-OH is 1. The lowest BCUT2D eigenvalue weighted by atomic mass is 10.0. The molecule has 0 aromatic rings. The van der Waals surface area contributed by atoms with Gasteiger partial charge in [-0.2, -0.15) is 0 Å². The van der Waals surface area contributed by atoms with Gasteiger partial charge in [0, 0.05) is 0 Å². The van der Waals surface area contributed by atoms with Crippen LogP contribution in [0.2, 0.25) is 0 Å². The second-order valence-corrected chi connectivity index (χ2v) is 5.76. The lowest BCUT2D eigenvalue weighted by molar-refractivity contribution is -0.0599. The summed E-state index contributed by atoms with van der Waals surface area (Å²) in [7, 11) is 0. The van der Waals surface area contributed by atoms with Gasteiger partial charge in [-0.05, 0) is 6.42 Å². The molecule has 0 bridgehead atoms. The topological polar surface area (TPSA) is 98.0 Å². The summed E-state index contributed by atoms with van der Waals surface area (Å²) in [4.78, 5) is 0. The van der Waals surface area contributed by atoms with E-state index in [2.05, 4.69) is 6.92 Å². The van der Waals surface area contributed by atoms with E-state index in [0.29, 0.717) is 0 Å². The average Bonchev–Trinajstić information content (AvgIpc) is 2.39. The van der Waals surface area contributed by atoms with Crippen LogP contribution in [0.5, 0.6) is 0 Å². The molecule has 0 fully saturated rings. The van der Waals surface area contributed by atoms with Crippen LogP contribution in [0.3, 0.4) is 0 Å². The third-order valence-electron chi connectivity index (χ3n) is 3.77. The molecule has 0 heterocycles. The van der Waals surface area contributed by atoms with Crippen LogP contribution in [-0.2, 0) is 0 Å². The standard InChI is InChI=1S/C16H35NO2.H2O/c1-2-3-4-5-6-7-8-9-10-11-12-13-14-15(17)16(18)19;/h15-16,18-19H,2-14,17H2,1H3;1H2. The summed E-state index contributed by atoms with van der Waals surface area (Å²) in [6, 6.07) is -0.469. The number of unbranched alkanes of at least 4 members (excludes halogenated alkanes) is 11. The molecule has 0 radical (unpaired) electrons. The first-order chi connectivity index (χ1) is 9.18. The second kappa shape index (κ2) is 16.9. The fourth-order valence-corrected chi connectivity index (χ4v) is 2.37. The van der Waals surface area contributed by atoms with Crippen molar-refractivity contribution in [3.8, 4) is 0 Å². The highest BCUT2D eigenvalue weighted by atomic mass is 16.5. The lowest BCUT2D eigenvalue weighted by Gasteiger charge is -2.12. The molecule has 1 atom stereocenters. The molecule has 0 aromatic carbocycles. The summed E-state index contributed by atoms with van der Waals surface area (Å²) in [5.74, 6) is 0. The Labute approximate surface area is 125 Å². The zero-order valence-electron chi connectivity index (χ0n) is 13.3. The van der Waals surface area contributed by atoms with Gasteiger partial charge in [0.2, 0.25) is 0 Å². The number of hydrogen-bond acceptors (Lipinski definition) is 3. The third kappa shape index (κ3) is 15.9. The Kier molecular flexibility index (Phi) is 18.7. The minimum Gasteiger partial charge on any atom is -0.412 e. The van der Waals surface area contributed by atoms with Crippen molar-refractivity contribution in [1.29, 1.82) is 0 Å². The molecular formula is C16H37NO3. The van der Waals surface area contributed by atoms with Gasteiger partial charge >= 0.3 is 0 Å². The van der Waals surface area contributed by atoms with Crippen LogP contribution >= 0.6 is 0 Å². The molecule has 0 aliphatic carbocycles. The molecule has 4 nitrogen and oxygen atoms in total. The molecule has 1 unspecified atom stereocenters. The molecular weight excluding hydrogens is 254 g/mol. The van der Waals surface area contributed by atoms with Gasteiger partial charge < -0.3 is 21.4 Å². The van der Waals surface area contributed by atoms with Gasteiger partial charge in [-0.1, -0.05) is 84.0 Å². The van der Waals surface area contributed by atoms with Gasteiger partial charge in [0.15, 0.2) is 6.29 Å². The number of nitrogens with two attached hydrogens (primary N) is 1. The maximum absolute atomic E-state index is 8.83. The summed E-state index contributed by atoms with van der Waals surface area (Å²) in [6.45, 7) is 2.26. The average molecular weight is 291 g/mol. The van der Waals surface area contributed by atoms with Gasteiger partial charge in [-0.25, -0.2) is 0 Å². The minimum atomic E-state index is -1.35. The van der Waals surface area contributed by atoms with Gasteiger partial charge in [-0.3, -0.25) is 0 Å². The van der Waals surface area contributed by atoms with E-state index in [1.807, 2.05) is 0 Å². The smallest absolute Gasteiger partial charge is 0.166 e. The van der Waals surface area contributed by atoms with Crippen LogP contribution in [0.25, 0.3) is 0 Å². The molecule has 6 N–H and O–H groups in total. The van der Waals surface area contributed by atoms with E-state index in [1.54, 1.807) is 0 Å². The van der Waals surface area contributed by atoms with Crippen LogP contribution < -0.4 is 5.73 Å². The van der Waals surface area contributed by atoms with E-state index in [1.165, 1.54) is 64.2 Å². The molecule has 0 aliphatic heterocycles. The third-order valence-corrected chi connectivity index (χ3v) is 3.77. The molecule has 0 spiro atoms. The maximum Gasteiger partial charge on any atom is 0.166 e. The van der Waals surface area contributed by atoms with Crippen molar-refractivity contribution in [3.63, 3.8) is 0 Å². The Bertz CT molecular complexity index is 177. The summed E-state index contributed by atoms with van der Waals surface area (Å²) >= 11 is 0. The summed E-state index contributed by atoms with van der Waals surface area (Å²) in [5.41, 5.74) is 5.55. The Morgan fingerprint density at radius 1 is 0.700 bits per heavy atom.